The Morgan fingerprint density at radius 1 is 1.17 bits per heavy atom. The molecule has 1 heterocycles. The molecule has 0 saturated heterocycles. The fourth-order valence-corrected chi connectivity index (χ4v) is 2.74. The molecule has 2 aromatic carbocycles. The SMILES string of the molecule is COc1ccccc1/C(N)=C1\CNCc2cc(F)c(F)cc2N1N. The highest BCUT2D eigenvalue weighted by molar-refractivity contribution is 5.75. The molecule has 0 aromatic heterocycles. The number of benzene rings is 2. The lowest BCUT2D eigenvalue weighted by atomic mass is 10.1. The van der Waals surface area contributed by atoms with Crippen LogP contribution in [0, 0.1) is 11.6 Å². The van der Waals surface area contributed by atoms with Crippen LogP contribution in [0.4, 0.5) is 14.5 Å². The van der Waals surface area contributed by atoms with Crippen LogP contribution >= 0.6 is 0 Å². The van der Waals surface area contributed by atoms with Crippen molar-refractivity contribution in [3.63, 3.8) is 0 Å². The van der Waals surface area contributed by atoms with Crippen LogP contribution in [0.3, 0.4) is 0 Å². The first-order valence-electron chi connectivity index (χ1n) is 7.38. The molecule has 0 atom stereocenters. The van der Waals surface area contributed by atoms with Gasteiger partial charge in [-0.2, -0.15) is 0 Å². The molecule has 126 valence electrons. The molecule has 1 aliphatic heterocycles. The van der Waals surface area contributed by atoms with E-state index in [1.54, 1.807) is 13.2 Å². The van der Waals surface area contributed by atoms with Crippen LogP contribution in [0.25, 0.3) is 5.70 Å². The molecule has 0 aliphatic carbocycles. The molecule has 1 aliphatic rings. The van der Waals surface area contributed by atoms with Crippen LogP contribution < -0.4 is 26.6 Å². The molecule has 0 spiro atoms. The summed E-state index contributed by atoms with van der Waals surface area (Å²) >= 11 is 0. The van der Waals surface area contributed by atoms with Crippen LogP contribution in [0.5, 0.6) is 5.75 Å². The molecule has 0 bridgehead atoms. The summed E-state index contributed by atoms with van der Waals surface area (Å²) in [6, 6.07) is 9.48. The minimum atomic E-state index is -0.957. The maximum Gasteiger partial charge on any atom is 0.160 e. The highest BCUT2D eigenvalue weighted by Crippen LogP contribution is 2.31. The van der Waals surface area contributed by atoms with Gasteiger partial charge in [0.2, 0.25) is 0 Å². The molecule has 0 fully saturated rings. The van der Waals surface area contributed by atoms with Crippen molar-refractivity contribution in [2.45, 2.75) is 6.54 Å². The molecular weight excluding hydrogens is 314 g/mol. The standard InChI is InChI=1S/C17H18F2N4O/c1-24-16-5-3-2-4-11(16)17(20)15-9-22-8-10-6-12(18)13(19)7-14(10)23(15)21/h2-7,22H,8-9,20-21H2,1H3/b17-15-. The van der Waals surface area contributed by atoms with Crippen molar-refractivity contribution in [1.29, 1.82) is 0 Å². The van der Waals surface area contributed by atoms with Crippen molar-refractivity contribution < 1.29 is 13.5 Å². The quantitative estimate of drug-likeness (QED) is 0.734. The van der Waals surface area contributed by atoms with Crippen LogP contribution in [-0.4, -0.2) is 13.7 Å². The number of hydrogen-bond acceptors (Lipinski definition) is 5. The van der Waals surface area contributed by atoms with Gasteiger partial charge in [0.25, 0.3) is 0 Å². The molecule has 0 unspecified atom stereocenters. The number of nitrogens with two attached hydrogens (primary N) is 2. The van der Waals surface area contributed by atoms with Gasteiger partial charge in [-0.15, -0.1) is 0 Å². The van der Waals surface area contributed by atoms with Gasteiger partial charge in [-0.1, -0.05) is 12.1 Å². The van der Waals surface area contributed by atoms with E-state index in [2.05, 4.69) is 5.32 Å². The van der Waals surface area contributed by atoms with Gasteiger partial charge >= 0.3 is 0 Å². The van der Waals surface area contributed by atoms with E-state index in [0.29, 0.717) is 47.0 Å². The number of methoxy groups -OCH3 is 1. The van der Waals surface area contributed by atoms with E-state index in [0.717, 1.165) is 12.1 Å². The first-order valence-corrected chi connectivity index (χ1v) is 7.38. The van der Waals surface area contributed by atoms with E-state index in [9.17, 15) is 8.78 Å². The van der Waals surface area contributed by atoms with Gasteiger partial charge in [0, 0.05) is 24.7 Å². The van der Waals surface area contributed by atoms with Crippen molar-refractivity contribution in [3.05, 3.63) is 64.9 Å². The Labute approximate surface area is 138 Å². The van der Waals surface area contributed by atoms with Gasteiger partial charge in [0.05, 0.1) is 24.2 Å². The largest absolute Gasteiger partial charge is 0.496 e. The van der Waals surface area contributed by atoms with Crippen molar-refractivity contribution in [2.75, 3.05) is 18.7 Å². The van der Waals surface area contributed by atoms with E-state index in [4.69, 9.17) is 16.3 Å². The molecule has 0 radical (unpaired) electrons. The smallest absolute Gasteiger partial charge is 0.160 e. The molecule has 7 heteroatoms. The maximum atomic E-state index is 13.6. The number of hydrazine groups is 1. The maximum absolute atomic E-state index is 13.6. The summed E-state index contributed by atoms with van der Waals surface area (Å²) in [5.41, 5.74) is 8.85. The Hall–Kier alpha value is -2.64. The van der Waals surface area contributed by atoms with Crippen molar-refractivity contribution >= 4 is 11.4 Å². The first-order chi connectivity index (χ1) is 11.5. The van der Waals surface area contributed by atoms with Crippen molar-refractivity contribution in [3.8, 4) is 5.75 Å². The monoisotopic (exact) mass is 332 g/mol. The highest BCUT2D eigenvalue weighted by Gasteiger charge is 2.22. The molecule has 3 rings (SSSR count). The average Bonchev–Trinajstić information content (AvgIpc) is 2.74. The zero-order chi connectivity index (χ0) is 17.3. The lowest BCUT2D eigenvalue weighted by molar-refractivity contribution is 0.413. The third-order valence-electron chi connectivity index (χ3n) is 3.99. The van der Waals surface area contributed by atoms with Gasteiger partial charge in [0.15, 0.2) is 11.6 Å². The average molecular weight is 332 g/mol. The van der Waals surface area contributed by atoms with Gasteiger partial charge < -0.3 is 15.8 Å². The molecule has 0 amide bonds. The van der Waals surface area contributed by atoms with Gasteiger partial charge in [-0.25, -0.2) is 14.6 Å². The third kappa shape index (κ3) is 2.79. The summed E-state index contributed by atoms with van der Waals surface area (Å²) in [6.07, 6.45) is 0. The Morgan fingerprint density at radius 3 is 2.62 bits per heavy atom. The summed E-state index contributed by atoms with van der Waals surface area (Å²) in [7, 11) is 1.55. The van der Waals surface area contributed by atoms with Crippen LogP contribution in [-0.2, 0) is 6.54 Å². The van der Waals surface area contributed by atoms with Crippen LogP contribution in [0.15, 0.2) is 42.1 Å². The second-order valence-electron chi connectivity index (χ2n) is 5.43. The number of hydrogen-bond donors (Lipinski definition) is 3. The topological polar surface area (TPSA) is 76.5 Å². The molecule has 5 N–H and O–H groups in total. The summed E-state index contributed by atoms with van der Waals surface area (Å²) < 4.78 is 32.4. The van der Waals surface area contributed by atoms with Crippen LogP contribution in [0.1, 0.15) is 11.1 Å². The second-order valence-corrected chi connectivity index (χ2v) is 5.43. The summed E-state index contributed by atoms with van der Waals surface area (Å²) in [5.74, 6) is 4.90. The van der Waals surface area contributed by atoms with E-state index >= 15 is 0 Å². The number of halogens is 2. The number of rotatable bonds is 2. The number of nitrogens with zero attached hydrogens (tertiary/aromatic N) is 1. The normalized spacial score (nSPS) is 16.4. The zero-order valence-corrected chi connectivity index (χ0v) is 13.1. The van der Waals surface area contributed by atoms with Gasteiger partial charge in [-0.3, -0.25) is 5.01 Å². The fraction of sp³-hybridized carbons (Fsp3) is 0.176. The van der Waals surface area contributed by atoms with Gasteiger partial charge in [0.1, 0.15) is 5.75 Å². The van der Waals surface area contributed by atoms with E-state index < -0.39 is 11.6 Å². The third-order valence-corrected chi connectivity index (χ3v) is 3.99. The van der Waals surface area contributed by atoms with E-state index in [1.165, 1.54) is 5.01 Å². The predicted molar refractivity (Wildman–Crippen MR) is 88.8 cm³/mol. The summed E-state index contributed by atoms with van der Waals surface area (Å²) in [4.78, 5) is 0. The van der Waals surface area contributed by atoms with E-state index in [-0.39, 0.29) is 0 Å². The number of fused-ring (bicyclic) bond motifs is 1. The Bertz CT molecular complexity index is 807. The second kappa shape index (κ2) is 6.46. The zero-order valence-electron chi connectivity index (χ0n) is 13.1. The molecule has 0 saturated carbocycles. The van der Waals surface area contributed by atoms with Crippen LogP contribution in [0.2, 0.25) is 0 Å². The Balaban J connectivity index is 2.12. The fourth-order valence-electron chi connectivity index (χ4n) is 2.74. The van der Waals surface area contributed by atoms with Gasteiger partial charge in [-0.05, 0) is 23.8 Å². The number of para-hydroxylation sites is 1. The first kappa shape index (κ1) is 16.2. The summed E-state index contributed by atoms with van der Waals surface area (Å²) in [5, 5.41) is 4.42. The molecule has 24 heavy (non-hydrogen) atoms. The number of nitrogens with one attached hydrogen (secondary N) is 1. The minimum absolute atomic E-state index is 0.346. The lowest BCUT2D eigenvalue weighted by Gasteiger charge is -2.24. The molecule has 2 aromatic rings. The Kier molecular flexibility index (Phi) is 4.37. The highest BCUT2D eigenvalue weighted by atomic mass is 19.2. The summed E-state index contributed by atoms with van der Waals surface area (Å²) in [6.45, 7) is 0.696. The molecule has 5 nitrogen and oxygen atoms in total. The number of anilines is 1. The van der Waals surface area contributed by atoms with Crippen molar-refractivity contribution in [1.82, 2.24) is 5.32 Å². The Morgan fingerprint density at radius 2 is 1.88 bits per heavy atom. The minimum Gasteiger partial charge on any atom is -0.496 e. The van der Waals surface area contributed by atoms with E-state index in [1.807, 2.05) is 18.2 Å². The number of ether oxygens (including phenoxy) is 1. The lowest BCUT2D eigenvalue weighted by Crippen LogP contribution is -2.35. The predicted octanol–water partition coefficient (Wildman–Crippen LogP) is 2.08. The van der Waals surface area contributed by atoms with Crippen molar-refractivity contribution in [2.24, 2.45) is 11.6 Å². The molecular formula is C17H18F2N4O.